The molecule has 2 aliphatic heterocycles. The Kier molecular flexibility index (Phi) is 4.60. The van der Waals surface area contributed by atoms with Gasteiger partial charge in [-0.25, -0.2) is 4.90 Å². The van der Waals surface area contributed by atoms with Crippen molar-refractivity contribution >= 4 is 41.0 Å². The van der Waals surface area contributed by atoms with E-state index < -0.39 is 30.4 Å². The quantitative estimate of drug-likeness (QED) is 0.583. The van der Waals surface area contributed by atoms with Gasteiger partial charge < -0.3 is 9.64 Å². The third-order valence-corrected chi connectivity index (χ3v) is 5.03. The van der Waals surface area contributed by atoms with E-state index in [-0.39, 0.29) is 30.0 Å². The van der Waals surface area contributed by atoms with Crippen LogP contribution in [0.4, 0.5) is 5.69 Å². The Morgan fingerprint density at radius 2 is 1.71 bits per heavy atom. The number of imide groups is 1. The summed E-state index contributed by atoms with van der Waals surface area (Å²) >= 11 is 5.96. The van der Waals surface area contributed by atoms with Crippen molar-refractivity contribution in [1.29, 1.82) is 0 Å². The lowest BCUT2D eigenvalue weighted by Gasteiger charge is -2.18. The van der Waals surface area contributed by atoms with E-state index in [2.05, 4.69) is 0 Å². The predicted octanol–water partition coefficient (Wildman–Crippen LogP) is 2.49. The summed E-state index contributed by atoms with van der Waals surface area (Å²) in [7, 11) is 0. The Morgan fingerprint density at radius 1 is 1.04 bits per heavy atom. The van der Waals surface area contributed by atoms with Gasteiger partial charge in [0.15, 0.2) is 6.73 Å². The van der Waals surface area contributed by atoms with Crippen molar-refractivity contribution in [2.75, 3.05) is 18.2 Å². The summed E-state index contributed by atoms with van der Waals surface area (Å²) in [6, 6.07) is 13.2. The van der Waals surface area contributed by atoms with Crippen molar-refractivity contribution in [2.45, 2.75) is 6.42 Å². The van der Waals surface area contributed by atoms with Crippen LogP contribution < -0.4 is 4.90 Å². The van der Waals surface area contributed by atoms with Gasteiger partial charge in [0.2, 0.25) is 5.91 Å². The number of hydrogen-bond donors (Lipinski definition) is 0. The highest BCUT2D eigenvalue weighted by atomic mass is 35.5. The molecule has 2 aromatic carbocycles. The van der Waals surface area contributed by atoms with Crippen molar-refractivity contribution in [3.63, 3.8) is 0 Å². The minimum absolute atomic E-state index is 0.00648. The average molecular weight is 399 g/mol. The molecule has 1 saturated heterocycles. The second-order valence-electron chi connectivity index (χ2n) is 6.56. The number of benzene rings is 2. The molecule has 2 aliphatic rings. The van der Waals surface area contributed by atoms with E-state index in [9.17, 15) is 19.2 Å². The van der Waals surface area contributed by atoms with Gasteiger partial charge in [-0.1, -0.05) is 29.8 Å². The SMILES string of the molecule is O=C(OCN1C(=O)c2ccccc2C1=O)[C@H]1CC(=O)N(c2cccc(Cl)c2)C1. The lowest BCUT2D eigenvalue weighted by atomic mass is 10.1. The maximum atomic E-state index is 12.4. The number of carbonyl (C=O) groups excluding carboxylic acids is 4. The summed E-state index contributed by atoms with van der Waals surface area (Å²) in [6.07, 6.45) is -0.00648. The van der Waals surface area contributed by atoms with Gasteiger partial charge >= 0.3 is 5.97 Å². The predicted molar refractivity (Wildman–Crippen MR) is 99.8 cm³/mol. The first-order valence-corrected chi connectivity index (χ1v) is 9.01. The van der Waals surface area contributed by atoms with Gasteiger partial charge in [-0.15, -0.1) is 0 Å². The normalized spacial score (nSPS) is 18.6. The molecule has 0 N–H and O–H groups in total. The number of fused-ring (bicyclic) bond motifs is 1. The molecular weight excluding hydrogens is 384 g/mol. The summed E-state index contributed by atoms with van der Waals surface area (Å²) < 4.78 is 5.18. The largest absolute Gasteiger partial charge is 0.443 e. The van der Waals surface area contributed by atoms with Gasteiger partial charge in [0, 0.05) is 23.7 Å². The molecule has 4 rings (SSSR count). The number of esters is 1. The van der Waals surface area contributed by atoms with Crippen LogP contribution in [-0.4, -0.2) is 41.9 Å². The minimum Gasteiger partial charge on any atom is -0.443 e. The number of hydrogen-bond acceptors (Lipinski definition) is 5. The van der Waals surface area contributed by atoms with Crippen LogP contribution in [0.3, 0.4) is 0 Å². The van der Waals surface area contributed by atoms with Crippen LogP contribution in [0.15, 0.2) is 48.5 Å². The molecule has 1 fully saturated rings. The Balaban J connectivity index is 1.40. The molecular formula is C20H15ClN2O5. The summed E-state index contributed by atoms with van der Waals surface area (Å²) in [5, 5.41) is 0.488. The number of anilines is 1. The highest BCUT2D eigenvalue weighted by molar-refractivity contribution is 6.31. The van der Waals surface area contributed by atoms with Crippen LogP contribution >= 0.6 is 11.6 Å². The van der Waals surface area contributed by atoms with Gasteiger partial charge in [0.25, 0.3) is 11.8 Å². The van der Waals surface area contributed by atoms with Gasteiger partial charge in [0.05, 0.1) is 17.0 Å². The van der Waals surface area contributed by atoms with Crippen LogP contribution in [0.2, 0.25) is 5.02 Å². The van der Waals surface area contributed by atoms with Crippen LogP contribution in [0, 0.1) is 5.92 Å². The van der Waals surface area contributed by atoms with Gasteiger partial charge in [-0.05, 0) is 30.3 Å². The zero-order chi connectivity index (χ0) is 19.8. The minimum atomic E-state index is -0.679. The van der Waals surface area contributed by atoms with E-state index in [1.54, 1.807) is 48.5 Å². The monoisotopic (exact) mass is 398 g/mol. The third kappa shape index (κ3) is 3.14. The lowest BCUT2D eigenvalue weighted by molar-refractivity contribution is -0.151. The first-order chi connectivity index (χ1) is 13.5. The molecule has 0 unspecified atom stereocenters. The molecule has 8 heteroatoms. The third-order valence-electron chi connectivity index (χ3n) is 4.79. The molecule has 28 heavy (non-hydrogen) atoms. The molecule has 142 valence electrons. The van der Waals surface area contributed by atoms with E-state index in [0.717, 1.165) is 4.90 Å². The lowest BCUT2D eigenvalue weighted by Crippen LogP contribution is -2.35. The molecule has 2 heterocycles. The Labute approximate surface area is 165 Å². The first kappa shape index (κ1) is 18.2. The smallest absolute Gasteiger partial charge is 0.313 e. The second kappa shape index (κ2) is 7.09. The number of carbonyl (C=O) groups is 4. The Hall–Kier alpha value is -3.19. The summed E-state index contributed by atoms with van der Waals surface area (Å²) in [6.45, 7) is -0.326. The fourth-order valence-electron chi connectivity index (χ4n) is 3.36. The molecule has 0 radical (unpaired) electrons. The molecule has 0 aromatic heterocycles. The molecule has 0 bridgehead atoms. The molecule has 0 saturated carbocycles. The highest BCUT2D eigenvalue weighted by Gasteiger charge is 2.39. The zero-order valence-corrected chi connectivity index (χ0v) is 15.4. The molecule has 7 nitrogen and oxygen atoms in total. The zero-order valence-electron chi connectivity index (χ0n) is 14.6. The van der Waals surface area contributed by atoms with Crippen LogP contribution in [0.1, 0.15) is 27.1 Å². The summed E-state index contributed by atoms with van der Waals surface area (Å²) in [4.78, 5) is 51.6. The first-order valence-electron chi connectivity index (χ1n) is 8.63. The van der Waals surface area contributed by atoms with Crippen LogP contribution in [0.5, 0.6) is 0 Å². The molecule has 0 aliphatic carbocycles. The van der Waals surface area contributed by atoms with Crippen molar-refractivity contribution in [1.82, 2.24) is 4.90 Å². The van der Waals surface area contributed by atoms with Gasteiger partial charge in [-0.2, -0.15) is 0 Å². The fraction of sp³-hybridized carbons (Fsp3) is 0.200. The Morgan fingerprint density at radius 3 is 2.36 bits per heavy atom. The van der Waals surface area contributed by atoms with E-state index in [1.165, 1.54) is 4.90 Å². The number of amides is 3. The van der Waals surface area contributed by atoms with Crippen molar-refractivity contribution in [3.05, 3.63) is 64.7 Å². The van der Waals surface area contributed by atoms with Gasteiger partial charge in [-0.3, -0.25) is 19.2 Å². The summed E-state index contributed by atoms with van der Waals surface area (Å²) in [5.41, 5.74) is 1.17. The van der Waals surface area contributed by atoms with Gasteiger partial charge in [0.1, 0.15) is 0 Å². The van der Waals surface area contributed by atoms with Crippen molar-refractivity contribution in [3.8, 4) is 0 Å². The van der Waals surface area contributed by atoms with E-state index >= 15 is 0 Å². The van der Waals surface area contributed by atoms with E-state index in [4.69, 9.17) is 16.3 Å². The van der Waals surface area contributed by atoms with E-state index in [0.29, 0.717) is 10.7 Å². The van der Waals surface area contributed by atoms with E-state index in [1.807, 2.05) is 0 Å². The Bertz CT molecular complexity index is 971. The summed E-state index contributed by atoms with van der Waals surface area (Å²) in [5.74, 6) is -2.53. The highest BCUT2D eigenvalue weighted by Crippen LogP contribution is 2.28. The number of nitrogens with zero attached hydrogens (tertiary/aromatic N) is 2. The number of rotatable bonds is 4. The topological polar surface area (TPSA) is 84.0 Å². The second-order valence-corrected chi connectivity index (χ2v) is 7.00. The maximum absolute atomic E-state index is 12.4. The number of halogens is 1. The van der Waals surface area contributed by atoms with Crippen LogP contribution in [-0.2, 0) is 14.3 Å². The van der Waals surface area contributed by atoms with Crippen molar-refractivity contribution in [2.24, 2.45) is 5.92 Å². The standard InChI is InChI=1S/C20H15ClN2O5/c21-13-4-3-5-14(9-13)22-10-12(8-17(22)24)20(27)28-11-23-18(25)15-6-1-2-7-16(15)19(23)26/h1-7,9,12H,8,10-11H2/t12-/m0/s1. The average Bonchev–Trinajstić information content (AvgIpc) is 3.19. The molecule has 1 atom stereocenters. The molecule has 2 aromatic rings. The van der Waals surface area contributed by atoms with Crippen LogP contribution in [0.25, 0.3) is 0 Å². The van der Waals surface area contributed by atoms with Crippen molar-refractivity contribution < 1.29 is 23.9 Å². The number of ether oxygens (including phenoxy) is 1. The molecule has 3 amide bonds. The molecule has 0 spiro atoms. The fourth-order valence-corrected chi connectivity index (χ4v) is 3.55. The maximum Gasteiger partial charge on any atom is 0.313 e.